The number of amides is 1. The van der Waals surface area contributed by atoms with E-state index < -0.39 is 10.0 Å². The molecule has 146 valence electrons. The SMILES string of the molecule is CCCn1cc(S(=O)(=O)N2CCC[C@H](CCC(=O)N3CCCC3)C2)cn1. The first kappa shape index (κ1) is 19.4. The second-order valence-electron chi connectivity index (χ2n) is 7.44. The Morgan fingerprint density at radius 2 is 2.00 bits per heavy atom. The third-order valence-corrected chi connectivity index (χ3v) is 7.22. The van der Waals surface area contributed by atoms with E-state index in [1.165, 1.54) is 6.20 Å². The fourth-order valence-corrected chi connectivity index (χ4v) is 5.42. The molecule has 1 amide bonds. The minimum atomic E-state index is -3.49. The Morgan fingerprint density at radius 3 is 2.73 bits per heavy atom. The molecule has 2 fully saturated rings. The number of hydrogen-bond acceptors (Lipinski definition) is 4. The largest absolute Gasteiger partial charge is 0.343 e. The van der Waals surface area contributed by atoms with Crippen LogP contribution in [-0.4, -0.2) is 59.5 Å². The van der Waals surface area contributed by atoms with Gasteiger partial charge in [0.05, 0.1) is 6.20 Å². The van der Waals surface area contributed by atoms with Crippen LogP contribution in [0.25, 0.3) is 0 Å². The van der Waals surface area contributed by atoms with E-state index in [9.17, 15) is 13.2 Å². The van der Waals surface area contributed by atoms with E-state index in [0.29, 0.717) is 19.5 Å². The molecule has 3 heterocycles. The van der Waals surface area contributed by atoms with Crippen molar-refractivity contribution in [2.24, 2.45) is 5.92 Å². The molecular weight excluding hydrogens is 352 g/mol. The van der Waals surface area contributed by atoms with Crippen LogP contribution in [0.2, 0.25) is 0 Å². The van der Waals surface area contributed by atoms with E-state index in [1.807, 2.05) is 11.8 Å². The fourth-order valence-electron chi connectivity index (χ4n) is 3.91. The second-order valence-corrected chi connectivity index (χ2v) is 9.37. The van der Waals surface area contributed by atoms with Crippen LogP contribution < -0.4 is 0 Å². The molecule has 3 rings (SSSR count). The highest BCUT2D eigenvalue weighted by molar-refractivity contribution is 7.89. The normalized spacial score (nSPS) is 22.0. The lowest BCUT2D eigenvalue weighted by atomic mass is 9.94. The summed E-state index contributed by atoms with van der Waals surface area (Å²) in [5.74, 6) is 0.485. The zero-order chi connectivity index (χ0) is 18.6. The first-order chi connectivity index (χ1) is 12.5. The Hall–Kier alpha value is -1.41. The van der Waals surface area contributed by atoms with Crippen LogP contribution in [-0.2, 0) is 21.4 Å². The maximum Gasteiger partial charge on any atom is 0.246 e. The summed E-state index contributed by atoms with van der Waals surface area (Å²) < 4.78 is 29.1. The maximum atomic E-state index is 12.9. The van der Waals surface area contributed by atoms with Gasteiger partial charge in [0.25, 0.3) is 0 Å². The highest BCUT2D eigenvalue weighted by Gasteiger charge is 2.31. The first-order valence-corrected chi connectivity index (χ1v) is 11.2. The molecule has 2 aliphatic heterocycles. The standard InChI is InChI=1S/C18H30N4O3S/c1-2-9-21-15-17(13-19-21)26(24,25)22-12-5-6-16(14-22)7-8-18(23)20-10-3-4-11-20/h13,15-16H,2-12,14H2,1H3/t16-/m1/s1. The third-order valence-electron chi connectivity index (χ3n) is 5.41. The molecule has 0 bridgehead atoms. The van der Waals surface area contributed by atoms with Gasteiger partial charge < -0.3 is 4.90 Å². The minimum absolute atomic E-state index is 0.225. The van der Waals surface area contributed by atoms with Crippen LogP contribution in [0.4, 0.5) is 0 Å². The molecule has 0 N–H and O–H groups in total. The zero-order valence-corrected chi connectivity index (χ0v) is 16.5. The van der Waals surface area contributed by atoms with Gasteiger partial charge in [-0.2, -0.15) is 9.40 Å². The van der Waals surface area contributed by atoms with Gasteiger partial charge in [-0.1, -0.05) is 6.92 Å². The number of aromatic nitrogens is 2. The monoisotopic (exact) mass is 382 g/mol. The van der Waals surface area contributed by atoms with Gasteiger partial charge in [0, 0.05) is 45.3 Å². The number of nitrogens with zero attached hydrogens (tertiary/aromatic N) is 4. The Kier molecular flexibility index (Phi) is 6.34. The fraction of sp³-hybridized carbons (Fsp3) is 0.778. The van der Waals surface area contributed by atoms with Crippen molar-refractivity contribution >= 4 is 15.9 Å². The number of carbonyl (C=O) groups excluding carboxylic acids is 1. The van der Waals surface area contributed by atoms with Gasteiger partial charge in [-0.3, -0.25) is 9.48 Å². The topological polar surface area (TPSA) is 75.5 Å². The summed E-state index contributed by atoms with van der Waals surface area (Å²) in [6, 6.07) is 0. The predicted octanol–water partition coefficient (Wildman–Crippen LogP) is 2.10. The van der Waals surface area contributed by atoms with Crippen LogP contribution in [0.1, 0.15) is 51.9 Å². The van der Waals surface area contributed by atoms with Gasteiger partial charge in [-0.15, -0.1) is 0 Å². The molecule has 0 radical (unpaired) electrons. The summed E-state index contributed by atoms with van der Waals surface area (Å²) in [6.07, 6.45) is 9.35. The number of piperidine rings is 1. The van der Waals surface area contributed by atoms with E-state index in [-0.39, 0.29) is 16.7 Å². The molecule has 2 aliphatic rings. The van der Waals surface area contributed by atoms with Gasteiger partial charge in [0.15, 0.2) is 0 Å². The minimum Gasteiger partial charge on any atom is -0.343 e. The molecule has 2 saturated heterocycles. The second kappa shape index (κ2) is 8.52. The van der Waals surface area contributed by atoms with Crippen LogP contribution in [0, 0.1) is 5.92 Å². The molecule has 7 nitrogen and oxygen atoms in total. The maximum absolute atomic E-state index is 12.9. The van der Waals surface area contributed by atoms with Crippen LogP contribution in [0.3, 0.4) is 0 Å². The molecule has 0 spiro atoms. The van der Waals surface area contributed by atoms with Crippen molar-refractivity contribution in [3.8, 4) is 0 Å². The highest BCUT2D eigenvalue weighted by Crippen LogP contribution is 2.26. The van der Waals surface area contributed by atoms with Crippen LogP contribution in [0.15, 0.2) is 17.3 Å². The average Bonchev–Trinajstić information content (AvgIpc) is 3.32. The number of hydrogen-bond donors (Lipinski definition) is 0. The molecule has 26 heavy (non-hydrogen) atoms. The zero-order valence-electron chi connectivity index (χ0n) is 15.6. The lowest BCUT2D eigenvalue weighted by Gasteiger charge is -2.31. The average molecular weight is 383 g/mol. The van der Waals surface area contributed by atoms with E-state index >= 15 is 0 Å². The number of sulfonamides is 1. The number of rotatable bonds is 7. The molecule has 1 atom stereocenters. The van der Waals surface area contributed by atoms with Gasteiger partial charge in [0.1, 0.15) is 4.90 Å². The molecule has 0 unspecified atom stereocenters. The molecule has 1 aromatic rings. The van der Waals surface area contributed by atoms with E-state index in [0.717, 1.165) is 58.2 Å². The third kappa shape index (κ3) is 4.46. The number of likely N-dealkylation sites (tertiary alicyclic amines) is 1. The molecule has 0 aliphatic carbocycles. The van der Waals surface area contributed by atoms with Crippen molar-refractivity contribution in [1.29, 1.82) is 0 Å². The van der Waals surface area contributed by atoms with Crippen LogP contribution in [0.5, 0.6) is 0 Å². The van der Waals surface area contributed by atoms with Crippen molar-refractivity contribution in [2.45, 2.75) is 63.3 Å². The molecule has 0 aromatic carbocycles. The van der Waals surface area contributed by atoms with E-state index in [2.05, 4.69) is 5.10 Å². The number of carbonyl (C=O) groups is 1. The molecule has 1 aromatic heterocycles. The van der Waals surface area contributed by atoms with Gasteiger partial charge >= 0.3 is 0 Å². The molecule has 8 heteroatoms. The summed E-state index contributed by atoms with van der Waals surface area (Å²) in [5.41, 5.74) is 0. The van der Waals surface area contributed by atoms with Gasteiger partial charge in [-0.25, -0.2) is 8.42 Å². The summed E-state index contributed by atoms with van der Waals surface area (Å²) in [4.78, 5) is 14.5. The first-order valence-electron chi connectivity index (χ1n) is 9.81. The lowest BCUT2D eigenvalue weighted by Crippen LogP contribution is -2.40. The molecular formula is C18H30N4O3S. The summed E-state index contributed by atoms with van der Waals surface area (Å²) in [5, 5.41) is 4.15. The summed E-state index contributed by atoms with van der Waals surface area (Å²) in [6.45, 7) is 5.58. The van der Waals surface area contributed by atoms with Gasteiger partial charge in [-0.05, 0) is 44.4 Å². The van der Waals surface area contributed by atoms with Crippen LogP contribution >= 0.6 is 0 Å². The van der Waals surface area contributed by atoms with Crippen molar-refractivity contribution in [3.05, 3.63) is 12.4 Å². The highest BCUT2D eigenvalue weighted by atomic mass is 32.2. The Labute approximate surface area is 156 Å². The molecule has 0 saturated carbocycles. The quantitative estimate of drug-likeness (QED) is 0.724. The summed E-state index contributed by atoms with van der Waals surface area (Å²) in [7, 11) is -3.49. The van der Waals surface area contributed by atoms with Crippen molar-refractivity contribution < 1.29 is 13.2 Å². The number of aryl methyl sites for hydroxylation is 1. The lowest BCUT2D eigenvalue weighted by molar-refractivity contribution is -0.130. The van der Waals surface area contributed by atoms with Gasteiger partial charge in [0.2, 0.25) is 15.9 Å². The Morgan fingerprint density at radius 1 is 1.23 bits per heavy atom. The van der Waals surface area contributed by atoms with E-state index in [1.54, 1.807) is 15.2 Å². The van der Waals surface area contributed by atoms with Crippen molar-refractivity contribution in [1.82, 2.24) is 19.0 Å². The van der Waals surface area contributed by atoms with E-state index in [4.69, 9.17) is 0 Å². The predicted molar refractivity (Wildman–Crippen MR) is 99.0 cm³/mol. The Balaban J connectivity index is 1.57. The smallest absolute Gasteiger partial charge is 0.246 e. The van der Waals surface area contributed by atoms with Crippen molar-refractivity contribution in [2.75, 3.05) is 26.2 Å². The Bertz CT molecular complexity index is 710. The van der Waals surface area contributed by atoms with Crippen molar-refractivity contribution in [3.63, 3.8) is 0 Å². The summed E-state index contributed by atoms with van der Waals surface area (Å²) >= 11 is 0.